The van der Waals surface area contributed by atoms with Crippen LogP contribution in [0.5, 0.6) is 0 Å². The summed E-state index contributed by atoms with van der Waals surface area (Å²) in [5.74, 6) is -2.48. The molecule has 4 fully saturated rings. The lowest BCUT2D eigenvalue weighted by atomic mass is 9.84. The van der Waals surface area contributed by atoms with Gasteiger partial charge in [0.15, 0.2) is 12.4 Å². The quantitative estimate of drug-likeness (QED) is 0.153. The summed E-state index contributed by atoms with van der Waals surface area (Å²) in [6.07, 6.45) is -17.7. The van der Waals surface area contributed by atoms with Gasteiger partial charge in [-0.05, 0) is 13.5 Å². The molecule has 16 nitrogen and oxygen atoms in total. The summed E-state index contributed by atoms with van der Waals surface area (Å²) in [4.78, 5) is 0. The van der Waals surface area contributed by atoms with Crippen LogP contribution >= 0.6 is 0 Å². The van der Waals surface area contributed by atoms with Crippen LogP contribution in [0.4, 0.5) is 0 Å². The summed E-state index contributed by atoms with van der Waals surface area (Å²) in [7, 11) is 1.60. The molecule has 3 aliphatic heterocycles. The number of hydrogen-bond donors (Lipinski definition) is 11. The molecule has 4 rings (SSSR count). The predicted octanol–water partition coefficient (Wildman–Crippen LogP) is -7.27. The average Bonchev–Trinajstić information content (AvgIpc) is 3.27. The molecule has 1 saturated carbocycles. The molecule has 0 amide bonds. The van der Waals surface area contributed by atoms with Crippen LogP contribution in [-0.4, -0.2) is 159 Å². The van der Waals surface area contributed by atoms with E-state index < -0.39 is 111 Å². The number of ether oxygens (including phenoxy) is 5. The van der Waals surface area contributed by atoms with Crippen molar-refractivity contribution >= 4 is 0 Å². The van der Waals surface area contributed by atoms with E-state index in [0.29, 0.717) is 0 Å². The predicted molar refractivity (Wildman–Crippen MR) is 115 cm³/mol. The molecule has 1 spiro atoms. The molecule has 1 aliphatic carbocycles. The number of fused-ring (bicyclic) bond motifs is 1. The highest BCUT2D eigenvalue weighted by Crippen LogP contribution is 2.45. The van der Waals surface area contributed by atoms with E-state index in [1.165, 1.54) is 0 Å². The molecule has 210 valence electrons. The van der Waals surface area contributed by atoms with Crippen LogP contribution in [0.25, 0.3) is 0 Å². The average molecular weight is 528 g/mol. The third-order valence-corrected chi connectivity index (χ3v) is 7.42. The summed E-state index contributed by atoms with van der Waals surface area (Å²) in [6, 6.07) is -2.50. The number of aliphatic hydroxyl groups excluding tert-OH is 8. The smallest absolute Gasteiger partial charge is 0.314 e. The van der Waals surface area contributed by atoms with Crippen molar-refractivity contribution in [3.8, 4) is 0 Å². The van der Waals surface area contributed by atoms with Gasteiger partial charge in [0.05, 0.1) is 31.5 Å². The summed E-state index contributed by atoms with van der Waals surface area (Å²) in [6.45, 7) is -1.33. The van der Waals surface area contributed by atoms with Gasteiger partial charge in [-0.15, -0.1) is 0 Å². The molecular formula is C20H37N3O13. The van der Waals surface area contributed by atoms with Crippen molar-refractivity contribution in [3.05, 3.63) is 0 Å². The third-order valence-electron chi connectivity index (χ3n) is 7.42. The van der Waals surface area contributed by atoms with E-state index in [2.05, 4.69) is 5.32 Å². The van der Waals surface area contributed by atoms with Crippen molar-refractivity contribution in [1.29, 1.82) is 0 Å². The van der Waals surface area contributed by atoms with Gasteiger partial charge in [0.1, 0.15) is 48.8 Å². The molecule has 16 heteroatoms. The molecule has 3 heterocycles. The highest BCUT2D eigenvalue weighted by atomic mass is 16.9. The molecule has 36 heavy (non-hydrogen) atoms. The van der Waals surface area contributed by atoms with Crippen molar-refractivity contribution in [2.24, 2.45) is 11.5 Å². The Labute approximate surface area is 206 Å². The lowest BCUT2D eigenvalue weighted by molar-refractivity contribution is -0.439. The number of rotatable bonds is 6. The van der Waals surface area contributed by atoms with Gasteiger partial charge >= 0.3 is 5.97 Å². The second-order valence-electron chi connectivity index (χ2n) is 9.72. The maximum Gasteiger partial charge on any atom is 0.314 e. The fraction of sp³-hybridized carbons (Fsp3) is 1.00. The van der Waals surface area contributed by atoms with E-state index in [4.69, 9.17) is 35.2 Å². The van der Waals surface area contributed by atoms with Crippen LogP contribution in [0.2, 0.25) is 0 Å². The molecule has 0 aromatic heterocycles. The van der Waals surface area contributed by atoms with Crippen LogP contribution in [0.15, 0.2) is 0 Å². The Morgan fingerprint density at radius 2 is 1.61 bits per heavy atom. The topological polar surface area (TPSA) is 272 Å². The first-order chi connectivity index (χ1) is 17.0. The zero-order valence-corrected chi connectivity index (χ0v) is 19.6. The first-order valence-electron chi connectivity index (χ1n) is 11.8. The van der Waals surface area contributed by atoms with Gasteiger partial charge in [-0.3, -0.25) is 0 Å². The van der Waals surface area contributed by atoms with E-state index in [0.717, 1.165) is 0 Å². The van der Waals surface area contributed by atoms with E-state index in [1.54, 1.807) is 7.05 Å². The second kappa shape index (κ2) is 10.9. The molecule has 16 atom stereocenters. The number of aliphatic hydroxyl groups is 8. The first-order valence-corrected chi connectivity index (χ1v) is 11.8. The van der Waals surface area contributed by atoms with E-state index in [-0.39, 0.29) is 6.42 Å². The van der Waals surface area contributed by atoms with Gasteiger partial charge in [-0.2, -0.15) is 0 Å². The van der Waals surface area contributed by atoms with Crippen molar-refractivity contribution in [3.63, 3.8) is 0 Å². The van der Waals surface area contributed by atoms with Crippen molar-refractivity contribution in [2.75, 3.05) is 20.3 Å². The monoisotopic (exact) mass is 527 g/mol. The lowest BCUT2D eigenvalue weighted by Crippen LogP contribution is -2.69. The minimum atomic E-state index is -2.48. The largest absolute Gasteiger partial charge is 0.395 e. The Bertz CT molecular complexity index is 756. The highest BCUT2D eigenvalue weighted by molar-refractivity contribution is 5.05. The van der Waals surface area contributed by atoms with Gasteiger partial charge < -0.3 is 81.3 Å². The van der Waals surface area contributed by atoms with E-state index in [1.807, 2.05) is 0 Å². The van der Waals surface area contributed by atoms with Crippen LogP contribution in [0.3, 0.4) is 0 Å². The van der Waals surface area contributed by atoms with E-state index >= 15 is 0 Å². The second-order valence-corrected chi connectivity index (χ2v) is 9.72. The molecule has 4 aliphatic rings. The minimum absolute atomic E-state index is 0.254. The first kappa shape index (κ1) is 28.4. The molecular weight excluding hydrogens is 490 g/mol. The highest BCUT2D eigenvalue weighted by Gasteiger charge is 2.67. The van der Waals surface area contributed by atoms with Crippen molar-refractivity contribution < 1.29 is 64.5 Å². The number of hydrogen-bond acceptors (Lipinski definition) is 16. The molecule has 13 N–H and O–H groups in total. The Morgan fingerprint density at radius 3 is 2.22 bits per heavy atom. The third kappa shape index (κ3) is 4.68. The van der Waals surface area contributed by atoms with Crippen molar-refractivity contribution in [1.82, 2.24) is 5.32 Å². The zero-order chi connectivity index (χ0) is 26.5. The van der Waals surface area contributed by atoms with Crippen molar-refractivity contribution in [2.45, 2.75) is 104 Å². The molecule has 0 unspecified atom stereocenters. The molecule has 0 bridgehead atoms. The van der Waals surface area contributed by atoms with Gasteiger partial charge in [-0.25, -0.2) is 0 Å². The lowest BCUT2D eigenvalue weighted by Gasteiger charge is -2.46. The van der Waals surface area contributed by atoms with Gasteiger partial charge in [0, 0.05) is 12.1 Å². The van der Waals surface area contributed by atoms with Gasteiger partial charge in [0.25, 0.3) is 0 Å². The Hall–Kier alpha value is -0.640. The Morgan fingerprint density at radius 1 is 0.944 bits per heavy atom. The molecule has 0 radical (unpaired) electrons. The molecule has 0 aromatic carbocycles. The fourth-order valence-electron chi connectivity index (χ4n) is 5.23. The molecule has 3 saturated heterocycles. The fourth-order valence-corrected chi connectivity index (χ4v) is 5.23. The standard InChI is InChI=1S/C20H37N3O13/c1-23-7-2-5(21)9(26)15(10(7)27)33-19-17-16(11(28)8(4-25)32-19)35-20(36-17)18(31)13(30)12(29)14(34-20)6(22)3-24/h5-19,23-31H,2-4,21-22H2,1H3/t5-,6+,7+,8+,9-,10-,11-,12+,13-,14+,15-,16-,17+,18-,19-,20-/m0/s1. The zero-order valence-electron chi connectivity index (χ0n) is 19.6. The Kier molecular flexibility index (Phi) is 8.55. The van der Waals surface area contributed by atoms with E-state index in [9.17, 15) is 40.9 Å². The minimum Gasteiger partial charge on any atom is -0.395 e. The summed E-state index contributed by atoms with van der Waals surface area (Å²) in [5, 5.41) is 85.6. The maximum atomic E-state index is 10.7. The number of nitrogens with one attached hydrogen (secondary N) is 1. The summed E-state index contributed by atoms with van der Waals surface area (Å²) < 4.78 is 28.7. The van der Waals surface area contributed by atoms with Gasteiger partial charge in [-0.1, -0.05) is 0 Å². The van der Waals surface area contributed by atoms with Crippen LogP contribution in [0, 0.1) is 0 Å². The SMILES string of the molecule is CN[C@@H]1C[C@H](N)[C@H](O)[C@H](O[C@@H]2O[C@H](CO)[C@H](O)[C@@H]3O[C@@]4(O[C@@H]23)O[C@H]([C@H](N)CO)[C@H](O)[C@H](O)[C@@H]4O)[C@H]1O. The maximum absolute atomic E-state index is 10.7. The number of likely N-dealkylation sites (N-methyl/N-ethyl adjacent to an activating group) is 1. The number of nitrogens with two attached hydrogens (primary N) is 2. The Balaban J connectivity index is 1.62. The van der Waals surface area contributed by atoms with Crippen LogP contribution < -0.4 is 16.8 Å². The summed E-state index contributed by atoms with van der Waals surface area (Å²) >= 11 is 0. The van der Waals surface area contributed by atoms with Gasteiger partial charge in [0.2, 0.25) is 0 Å². The summed E-state index contributed by atoms with van der Waals surface area (Å²) in [5.41, 5.74) is 11.8. The normalized spacial score (nSPS) is 54.4. The van der Waals surface area contributed by atoms with Crippen LogP contribution in [-0.2, 0) is 23.7 Å². The van der Waals surface area contributed by atoms with Crippen LogP contribution in [0.1, 0.15) is 6.42 Å². The molecule has 0 aromatic rings.